The standard InChI is InChI=1S/C16H14ClFO2/c1-9-6-11-7-10(2-5-15(11)20-9)16(19)13-4-3-12(17)8-14(13)18/h2-5,7-9,16,19H,6H2,1H3. The highest BCUT2D eigenvalue weighted by molar-refractivity contribution is 6.30. The van der Waals surface area contributed by atoms with Crippen molar-refractivity contribution < 1.29 is 14.2 Å². The summed E-state index contributed by atoms with van der Waals surface area (Å²) in [5, 5.41) is 10.7. The van der Waals surface area contributed by atoms with E-state index in [1.165, 1.54) is 12.1 Å². The number of rotatable bonds is 2. The molecule has 0 spiro atoms. The predicted octanol–water partition coefficient (Wildman–Crippen LogP) is 3.88. The number of hydrogen-bond donors (Lipinski definition) is 1. The fraction of sp³-hybridized carbons (Fsp3) is 0.250. The van der Waals surface area contributed by atoms with Crippen LogP contribution in [0.15, 0.2) is 36.4 Å². The largest absolute Gasteiger partial charge is 0.490 e. The van der Waals surface area contributed by atoms with Gasteiger partial charge in [0.1, 0.15) is 23.8 Å². The van der Waals surface area contributed by atoms with Crippen LogP contribution < -0.4 is 4.74 Å². The summed E-state index contributed by atoms with van der Waals surface area (Å²) in [6, 6.07) is 9.74. The first-order valence-electron chi connectivity index (χ1n) is 6.47. The van der Waals surface area contributed by atoms with Gasteiger partial charge in [0.2, 0.25) is 0 Å². The van der Waals surface area contributed by atoms with Gasteiger partial charge in [0.25, 0.3) is 0 Å². The number of benzene rings is 2. The third kappa shape index (κ3) is 2.39. The first-order valence-corrected chi connectivity index (χ1v) is 6.85. The molecule has 0 saturated heterocycles. The lowest BCUT2D eigenvalue weighted by molar-refractivity contribution is 0.215. The highest BCUT2D eigenvalue weighted by atomic mass is 35.5. The number of halogens is 2. The molecule has 4 heteroatoms. The molecule has 2 nitrogen and oxygen atoms in total. The minimum absolute atomic E-state index is 0.143. The summed E-state index contributed by atoms with van der Waals surface area (Å²) in [4.78, 5) is 0. The van der Waals surface area contributed by atoms with Crippen LogP contribution in [0, 0.1) is 5.82 Å². The number of hydrogen-bond acceptors (Lipinski definition) is 2. The van der Waals surface area contributed by atoms with Gasteiger partial charge in [-0.3, -0.25) is 0 Å². The van der Waals surface area contributed by atoms with Crippen LogP contribution in [0.25, 0.3) is 0 Å². The summed E-state index contributed by atoms with van der Waals surface area (Å²) in [6.07, 6.45) is -0.0583. The highest BCUT2D eigenvalue weighted by Gasteiger charge is 2.22. The molecule has 0 aliphatic carbocycles. The lowest BCUT2D eigenvalue weighted by Crippen LogP contribution is -2.05. The lowest BCUT2D eigenvalue weighted by atomic mass is 9.98. The van der Waals surface area contributed by atoms with Crippen molar-refractivity contribution in [3.8, 4) is 5.75 Å². The molecule has 0 fully saturated rings. The van der Waals surface area contributed by atoms with E-state index in [2.05, 4.69) is 0 Å². The average Bonchev–Trinajstić information content (AvgIpc) is 2.77. The van der Waals surface area contributed by atoms with Crippen LogP contribution in [-0.2, 0) is 6.42 Å². The fourth-order valence-electron chi connectivity index (χ4n) is 2.51. The number of fused-ring (bicyclic) bond motifs is 1. The molecule has 0 aromatic heterocycles. The lowest BCUT2D eigenvalue weighted by Gasteiger charge is -2.13. The third-order valence-corrected chi connectivity index (χ3v) is 3.73. The molecule has 1 aliphatic rings. The first-order chi connectivity index (χ1) is 9.54. The fourth-order valence-corrected chi connectivity index (χ4v) is 2.67. The van der Waals surface area contributed by atoms with E-state index >= 15 is 0 Å². The van der Waals surface area contributed by atoms with E-state index in [4.69, 9.17) is 16.3 Å². The Morgan fingerprint density at radius 3 is 2.85 bits per heavy atom. The zero-order valence-corrected chi connectivity index (χ0v) is 11.7. The number of aliphatic hydroxyl groups is 1. The molecule has 0 amide bonds. The summed E-state index contributed by atoms with van der Waals surface area (Å²) < 4.78 is 19.5. The molecular formula is C16H14ClFO2. The topological polar surface area (TPSA) is 29.5 Å². The molecule has 3 rings (SSSR count). The molecule has 1 heterocycles. The Hall–Kier alpha value is -1.58. The zero-order chi connectivity index (χ0) is 14.3. The Bertz CT molecular complexity index is 657. The smallest absolute Gasteiger partial charge is 0.130 e. The molecule has 2 unspecified atom stereocenters. The molecule has 2 atom stereocenters. The van der Waals surface area contributed by atoms with Gasteiger partial charge in [-0.15, -0.1) is 0 Å². The van der Waals surface area contributed by atoms with E-state index in [1.54, 1.807) is 12.1 Å². The van der Waals surface area contributed by atoms with E-state index < -0.39 is 11.9 Å². The van der Waals surface area contributed by atoms with E-state index in [0.29, 0.717) is 10.6 Å². The molecule has 0 saturated carbocycles. The van der Waals surface area contributed by atoms with Crippen molar-refractivity contribution in [2.24, 2.45) is 0 Å². The molecule has 20 heavy (non-hydrogen) atoms. The van der Waals surface area contributed by atoms with Crippen LogP contribution in [0.5, 0.6) is 5.75 Å². The van der Waals surface area contributed by atoms with Gasteiger partial charge in [0.15, 0.2) is 0 Å². The minimum atomic E-state index is -1.01. The Labute approximate surface area is 121 Å². The van der Waals surface area contributed by atoms with Crippen LogP contribution in [0.1, 0.15) is 29.7 Å². The SMILES string of the molecule is CC1Cc2cc(C(O)c3ccc(Cl)cc3F)ccc2O1. The van der Waals surface area contributed by atoms with Gasteiger partial charge in [-0.1, -0.05) is 23.7 Å². The van der Waals surface area contributed by atoms with Crippen molar-refractivity contribution >= 4 is 11.6 Å². The Morgan fingerprint density at radius 1 is 1.30 bits per heavy atom. The summed E-state index contributed by atoms with van der Waals surface area (Å²) in [6.45, 7) is 2.00. The monoisotopic (exact) mass is 292 g/mol. The van der Waals surface area contributed by atoms with E-state index in [1.807, 2.05) is 19.1 Å². The van der Waals surface area contributed by atoms with Crippen LogP contribution in [0.4, 0.5) is 4.39 Å². The highest BCUT2D eigenvalue weighted by Crippen LogP contribution is 2.33. The summed E-state index contributed by atoms with van der Waals surface area (Å²) in [7, 11) is 0. The summed E-state index contributed by atoms with van der Waals surface area (Å²) in [5.41, 5.74) is 1.92. The van der Waals surface area contributed by atoms with Crippen molar-refractivity contribution in [1.29, 1.82) is 0 Å². The van der Waals surface area contributed by atoms with Gasteiger partial charge in [0, 0.05) is 17.0 Å². The first kappa shape index (κ1) is 13.4. The van der Waals surface area contributed by atoms with Crippen LogP contribution in [0.3, 0.4) is 0 Å². The summed E-state index contributed by atoms with van der Waals surface area (Å²) >= 11 is 5.72. The predicted molar refractivity (Wildman–Crippen MR) is 75.7 cm³/mol. The van der Waals surface area contributed by atoms with Crippen molar-refractivity contribution in [3.63, 3.8) is 0 Å². The normalized spacial score (nSPS) is 18.5. The molecule has 1 N–H and O–H groups in total. The Balaban J connectivity index is 1.95. The molecule has 2 aromatic carbocycles. The minimum Gasteiger partial charge on any atom is -0.490 e. The maximum Gasteiger partial charge on any atom is 0.130 e. The average molecular weight is 293 g/mol. The Morgan fingerprint density at radius 2 is 2.10 bits per heavy atom. The van der Waals surface area contributed by atoms with Gasteiger partial charge in [-0.05, 0) is 42.3 Å². The molecule has 2 aromatic rings. The van der Waals surface area contributed by atoms with E-state index in [0.717, 1.165) is 17.7 Å². The quantitative estimate of drug-likeness (QED) is 0.910. The van der Waals surface area contributed by atoms with Crippen LogP contribution >= 0.6 is 11.6 Å². The van der Waals surface area contributed by atoms with Crippen molar-refractivity contribution in [2.75, 3.05) is 0 Å². The van der Waals surface area contributed by atoms with E-state index in [9.17, 15) is 9.50 Å². The van der Waals surface area contributed by atoms with Crippen molar-refractivity contribution in [1.82, 2.24) is 0 Å². The second kappa shape index (κ2) is 5.08. The molecule has 104 valence electrons. The number of aliphatic hydroxyl groups excluding tert-OH is 1. The molecular weight excluding hydrogens is 279 g/mol. The molecule has 0 radical (unpaired) electrons. The molecule has 0 bridgehead atoms. The van der Waals surface area contributed by atoms with Gasteiger partial charge in [0.05, 0.1) is 0 Å². The van der Waals surface area contributed by atoms with E-state index in [-0.39, 0.29) is 11.7 Å². The number of ether oxygens (including phenoxy) is 1. The molecule has 1 aliphatic heterocycles. The van der Waals surface area contributed by atoms with Gasteiger partial charge in [-0.2, -0.15) is 0 Å². The second-order valence-corrected chi connectivity index (χ2v) is 5.50. The van der Waals surface area contributed by atoms with Gasteiger partial charge >= 0.3 is 0 Å². The van der Waals surface area contributed by atoms with Gasteiger partial charge in [-0.25, -0.2) is 4.39 Å². The van der Waals surface area contributed by atoms with Gasteiger partial charge < -0.3 is 9.84 Å². The third-order valence-electron chi connectivity index (χ3n) is 3.49. The van der Waals surface area contributed by atoms with Crippen molar-refractivity contribution in [3.05, 3.63) is 63.9 Å². The van der Waals surface area contributed by atoms with Crippen LogP contribution in [0.2, 0.25) is 5.02 Å². The Kier molecular flexibility index (Phi) is 3.40. The second-order valence-electron chi connectivity index (χ2n) is 5.07. The summed E-state index contributed by atoms with van der Waals surface area (Å²) in [5.74, 6) is 0.333. The zero-order valence-electron chi connectivity index (χ0n) is 10.9. The van der Waals surface area contributed by atoms with Crippen molar-refractivity contribution in [2.45, 2.75) is 25.6 Å². The van der Waals surface area contributed by atoms with Crippen LogP contribution in [-0.4, -0.2) is 11.2 Å². The maximum atomic E-state index is 13.9. The maximum absolute atomic E-state index is 13.9.